The molecule has 1 saturated heterocycles. The SMILES string of the molecule is CCN(CC)C(=O)CN1CCN(C(=O)CCc2nc(-c3ccc(C(C)C)cc3)no2)CC1. The molecule has 174 valence electrons. The van der Waals surface area contributed by atoms with Crippen LogP contribution in [0.15, 0.2) is 28.8 Å². The first kappa shape index (κ1) is 23.9. The van der Waals surface area contributed by atoms with Crippen LogP contribution < -0.4 is 0 Å². The van der Waals surface area contributed by atoms with Crippen molar-refractivity contribution in [1.29, 1.82) is 0 Å². The Bertz CT molecular complexity index is 881. The molecule has 0 spiro atoms. The highest BCUT2D eigenvalue weighted by Crippen LogP contribution is 2.21. The van der Waals surface area contributed by atoms with Crippen LogP contribution in [0.2, 0.25) is 0 Å². The van der Waals surface area contributed by atoms with Crippen LogP contribution in [-0.2, 0) is 16.0 Å². The maximum atomic E-state index is 12.6. The third kappa shape index (κ3) is 6.16. The van der Waals surface area contributed by atoms with Crippen LogP contribution in [0.4, 0.5) is 0 Å². The highest BCUT2D eigenvalue weighted by molar-refractivity contribution is 5.78. The van der Waals surface area contributed by atoms with E-state index >= 15 is 0 Å². The van der Waals surface area contributed by atoms with Gasteiger partial charge in [0.05, 0.1) is 6.54 Å². The topological polar surface area (TPSA) is 82.8 Å². The average molecular weight is 442 g/mol. The maximum absolute atomic E-state index is 12.6. The van der Waals surface area contributed by atoms with Crippen LogP contribution in [0.25, 0.3) is 11.4 Å². The first-order chi connectivity index (χ1) is 15.4. The molecule has 0 aliphatic carbocycles. The first-order valence-corrected chi connectivity index (χ1v) is 11.6. The molecule has 1 aliphatic heterocycles. The second-order valence-corrected chi connectivity index (χ2v) is 8.51. The van der Waals surface area contributed by atoms with Crippen molar-refractivity contribution in [3.05, 3.63) is 35.7 Å². The van der Waals surface area contributed by atoms with E-state index in [1.807, 2.05) is 35.8 Å². The predicted octanol–water partition coefficient (Wildman–Crippen LogP) is 2.81. The van der Waals surface area contributed by atoms with Gasteiger partial charge >= 0.3 is 0 Å². The maximum Gasteiger partial charge on any atom is 0.236 e. The molecular formula is C24H35N5O3. The van der Waals surface area contributed by atoms with Crippen molar-refractivity contribution in [2.45, 2.75) is 46.5 Å². The minimum absolute atomic E-state index is 0.0840. The van der Waals surface area contributed by atoms with Crippen molar-refractivity contribution in [2.75, 3.05) is 45.8 Å². The Balaban J connectivity index is 1.44. The summed E-state index contributed by atoms with van der Waals surface area (Å²) in [6, 6.07) is 8.16. The zero-order chi connectivity index (χ0) is 23.1. The Morgan fingerprint density at radius 3 is 2.31 bits per heavy atom. The van der Waals surface area contributed by atoms with Crippen molar-refractivity contribution >= 4 is 11.8 Å². The molecule has 0 atom stereocenters. The molecule has 2 heterocycles. The number of hydrogen-bond donors (Lipinski definition) is 0. The normalized spacial score (nSPS) is 14.7. The van der Waals surface area contributed by atoms with Crippen LogP contribution in [0.3, 0.4) is 0 Å². The molecule has 1 aromatic carbocycles. The standard InChI is InChI=1S/C24H35N5O3/c1-5-28(6-2)23(31)17-27-13-15-29(16-14-27)22(30)12-11-21-25-24(26-32-21)20-9-7-19(8-10-20)18(3)4/h7-10,18H,5-6,11-17H2,1-4H3. The van der Waals surface area contributed by atoms with Gasteiger partial charge in [0, 0.05) is 57.7 Å². The lowest BCUT2D eigenvalue weighted by Gasteiger charge is -2.35. The van der Waals surface area contributed by atoms with Crippen molar-refractivity contribution in [1.82, 2.24) is 24.8 Å². The van der Waals surface area contributed by atoms with Gasteiger partial charge in [-0.3, -0.25) is 14.5 Å². The quantitative estimate of drug-likeness (QED) is 0.595. The molecule has 0 saturated carbocycles. The van der Waals surface area contributed by atoms with Crippen LogP contribution in [0, 0.1) is 0 Å². The van der Waals surface area contributed by atoms with E-state index in [9.17, 15) is 9.59 Å². The zero-order valence-electron chi connectivity index (χ0n) is 19.7. The number of amides is 2. The van der Waals surface area contributed by atoms with Gasteiger partial charge in [0.25, 0.3) is 0 Å². The Morgan fingerprint density at radius 2 is 1.72 bits per heavy atom. The van der Waals surface area contributed by atoms with E-state index in [-0.39, 0.29) is 11.8 Å². The molecular weight excluding hydrogens is 406 g/mol. The number of hydrogen-bond acceptors (Lipinski definition) is 6. The van der Waals surface area contributed by atoms with E-state index in [0.29, 0.717) is 50.1 Å². The van der Waals surface area contributed by atoms with Gasteiger partial charge in [-0.15, -0.1) is 0 Å². The van der Waals surface area contributed by atoms with Gasteiger partial charge in [0.15, 0.2) is 0 Å². The third-order valence-electron chi connectivity index (χ3n) is 6.06. The summed E-state index contributed by atoms with van der Waals surface area (Å²) in [6.45, 7) is 12.9. The van der Waals surface area contributed by atoms with Crippen molar-refractivity contribution in [2.24, 2.45) is 0 Å². The number of carbonyl (C=O) groups excluding carboxylic acids is 2. The smallest absolute Gasteiger partial charge is 0.236 e. The molecule has 3 rings (SSSR count). The van der Waals surface area contributed by atoms with Gasteiger partial charge in [-0.2, -0.15) is 4.98 Å². The van der Waals surface area contributed by atoms with E-state index in [2.05, 4.69) is 41.0 Å². The predicted molar refractivity (Wildman–Crippen MR) is 123 cm³/mol. The fourth-order valence-corrected chi connectivity index (χ4v) is 3.89. The third-order valence-corrected chi connectivity index (χ3v) is 6.06. The number of piperazine rings is 1. The Hall–Kier alpha value is -2.74. The molecule has 0 unspecified atom stereocenters. The highest BCUT2D eigenvalue weighted by atomic mass is 16.5. The lowest BCUT2D eigenvalue weighted by molar-refractivity contribution is -0.135. The minimum atomic E-state index is 0.0840. The Kier molecular flexibility index (Phi) is 8.39. The largest absolute Gasteiger partial charge is 0.342 e. The van der Waals surface area contributed by atoms with Crippen molar-refractivity contribution in [3.63, 3.8) is 0 Å². The number of carbonyl (C=O) groups is 2. The van der Waals surface area contributed by atoms with Crippen LogP contribution in [0.1, 0.15) is 51.5 Å². The summed E-state index contributed by atoms with van der Waals surface area (Å²) in [5, 5.41) is 4.06. The number of aryl methyl sites for hydroxylation is 1. The molecule has 2 aromatic rings. The Labute approximate surface area is 190 Å². The van der Waals surface area contributed by atoms with E-state index in [1.165, 1.54) is 5.56 Å². The molecule has 0 bridgehead atoms. The summed E-state index contributed by atoms with van der Waals surface area (Å²) in [6.07, 6.45) is 0.767. The lowest BCUT2D eigenvalue weighted by atomic mass is 10.0. The van der Waals surface area contributed by atoms with E-state index < -0.39 is 0 Å². The fourth-order valence-electron chi connectivity index (χ4n) is 3.89. The van der Waals surface area contributed by atoms with Crippen LogP contribution in [0.5, 0.6) is 0 Å². The van der Waals surface area contributed by atoms with Crippen LogP contribution in [-0.4, -0.2) is 82.5 Å². The van der Waals surface area contributed by atoms with Gasteiger partial charge in [0.1, 0.15) is 0 Å². The molecule has 1 aliphatic rings. The molecule has 8 heteroatoms. The second-order valence-electron chi connectivity index (χ2n) is 8.51. The molecule has 2 amide bonds. The van der Waals surface area contributed by atoms with Crippen molar-refractivity contribution < 1.29 is 14.1 Å². The summed E-state index contributed by atoms with van der Waals surface area (Å²) < 4.78 is 5.36. The van der Waals surface area contributed by atoms with Gasteiger partial charge in [-0.25, -0.2) is 0 Å². The van der Waals surface area contributed by atoms with Gasteiger partial charge in [-0.05, 0) is 25.3 Å². The molecule has 1 fully saturated rings. The summed E-state index contributed by atoms with van der Waals surface area (Å²) in [5.41, 5.74) is 2.17. The van der Waals surface area contributed by atoms with Gasteiger partial charge in [0.2, 0.25) is 23.5 Å². The molecule has 32 heavy (non-hydrogen) atoms. The second kappa shape index (κ2) is 11.2. The first-order valence-electron chi connectivity index (χ1n) is 11.6. The highest BCUT2D eigenvalue weighted by Gasteiger charge is 2.24. The molecule has 8 nitrogen and oxygen atoms in total. The summed E-state index contributed by atoms with van der Waals surface area (Å²) in [7, 11) is 0. The summed E-state index contributed by atoms with van der Waals surface area (Å²) in [5.74, 6) is 1.74. The van der Waals surface area contributed by atoms with E-state index in [1.54, 1.807) is 0 Å². The summed E-state index contributed by atoms with van der Waals surface area (Å²) >= 11 is 0. The van der Waals surface area contributed by atoms with E-state index in [0.717, 1.165) is 31.7 Å². The fraction of sp³-hybridized carbons (Fsp3) is 0.583. The van der Waals surface area contributed by atoms with Gasteiger partial charge < -0.3 is 14.3 Å². The summed E-state index contributed by atoms with van der Waals surface area (Å²) in [4.78, 5) is 35.2. The average Bonchev–Trinajstić information content (AvgIpc) is 3.28. The number of likely N-dealkylation sites (N-methyl/N-ethyl adjacent to an activating group) is 1. The Morgan fingerprint density at radius 1 is 1.06 bits per heavy atom. The zero-order valence-corrected chi connectivity index (χ0v) is 19.7. The van der Waals surface area contributed by atoms with Crippen molar-refractivity contribution in [3.8, 4) is 11.4 Å². The van der Waals surface area contributed by atoms with Crippen LogP contribution >= 0.6 is 0 Å². The number of benzene rings is 1. The number of aromatic nitrogens is 2. The lowest BCUT2D eigenvalue weighted by Crippen LogP contribution is -2.51. The number of nitrogens with zero attached hydrogens (tertiary/aromatic N) is 5. The van der Waals surface area contributed by atoms with Gasteiger partial charge in [-0.1, -0.05) is 43.3 Å². The number of rotatable bonds is 9. The molecule has 0 N–H and O–H groups in total. The molecule has 1 aromatic heterocycles. The van der Waals surface area contributed by atoms with E-state index in [4.69, 9.17) is 4.52 Å². The minimum Gasteiger partial charge on any atom is -0.342 e. The monoisotopic (exact) mass is 441 g/mol. The molecule has 0 radical (unpaired) electrons.